The van der Waals surface area contributed by atoms with Gasteiger partial charge in [0.05, 0.1) is 12.7 Å². The number of rotatable bonds is 3. The predicted molar refractivity (Wildman–Crippen MR) is 83.2 cm³/mol. The molecule has 0 unspecified atom stereocenters. The lowest BCUT2D eigenvalue weighted by Crippen LogP contribution is -1.99. The molecule has 0 saturated carbocycles. The second-order valence-corrected chi connectivity index (χ2v) is 5.38. The second-order valence-electron chi connectivity index (χ2n) is 4.54. The summed E-state index contributed by atoms with van der Waals surface area (Å²) in [6.07, 6.45) is 3.81. The summed E-state index contributed by atoms with van der Waals surface area (Å²) in [7, 11) is 0. The van der Waals surface area contributed by atoms with Crippen LogP contribution in [-0.2, 0) is 6.54 Å². The molecule has 20 heavy (non-hydrogen) atoms. The van der Waals surface area contributed by atoms with Crippen LogP contribution in [0.4, 0.5) is 0 Å². The van der Waals surface area contributed by atoms with Gasteiger partial charge in [0.25, 0.3) is 0 Å². The third kappa shape index (κ3) is 2.87. The van der Waals surface area contributed by atoms with Crippen molar-refractivity contribution in [3.8, 4) is 11.1 Å². The Balaban J connectivity index is 1.86. The van der Waals surface area contributed by atoms with Crippen molar-refractivity contribution in [2.24, 2.45) is 0 Å². The van der Waals surface area contributed by atoms with Gasteiger partial charge in [0.15, 0.2) is 0 Å². The maximum Gasteiger partial charge on any atom is 0.0660 e. The molecule has 0 spiro atoms. The topological polar surface area (TPSA) is 17.8 Å². The molecule has 1 heterocycles. The number of benzene rings is 2. The molecule has 0 N–H and O–H groups in total. The molecule has 0 aliphatic rings. The van der Waals surface area contributed by atoms with E-state index in [0.717, 1.165) is 26.7 Å². The molecule has 2 aromatic carbocycles. The normalized spacial score (nSPS) is 10.7. The summed E-state index contributed by atoms with van der Waals surface area (Å²) in [5, 5.41) is 5.84. The number of halogens is 2. The minimum Gasteiger partial charge on any atom is -0.268 e. The van der Waals surface area contributed by atoms with Crippen LogP contribution in [-0.4, -0.2) is 9.78 Å². The van der Waals surface area contributed by atoms with E-state index >= 15 is 0 Å². The Labute approximate surface area is 127 Å². The van der Waals surface area contributed by atoms with Crippen LogP contribution in [0.2, 0.25) is 10.0 Å². The molecule has 0 amide bonds. The molecular formula is C16H12Cl2N2. The first-order valence-electron chi connectivity index (χ1n) is 6.24. The number of aromatic nitrogens is 2. The lowest BCUT2D eigenvalue weighted by molar-refractivity contribution is 0.687. The minimum atomic E-state index is 0.686. The minimum absolute atomic E-state index is 0.686. The van der Waals surface area contributed by atoms with Gasteiger partial charge in [-0.1, -0.05) is 53.5 Å². The lowest BCUT2D eigenvalue weighted by atomic mass is 10.1. The molecule has 0 fully saturated rings. The Morgan fingerprint density at radius 3 is 2.65 bits per heavy atom. The van der Waals surface area contributed by atoms with Crippen LogP contribution in [0.1, 0.15) is 5.56 Å². The van der Waals surface area contributed by atoms with Crippen molar-refractivity contribution >= 4 is 23.2 Å². The molecule has 2 nitrogen and oxygen atoms in total. The highest BCUT2D eigenvalue weighted by Crippen LogP contribution is 2.27. The van der Waals surface area contributed by atoms with Crippen molar-refractivity contribution < 1.29 is 0 Å². The van der Waals surface area contributed by atoms with Crippen LogP contribution in [0.3, 0.4) is 0 Å². The first kappa shape index (κ1) is 13.2. The quantitative estimate of drug-likeness (QED) is 0.672. The van der Waals surface area contributed by atoms with Gasteiger partial charge in [-0.25, -0.2) is 0 Å². The molecule has 1 aromatic heterocycles. The van der Waals surface area contributed by atoms with Gasteiger partial charge >= 0.3 is 0 Å². The van der Waals surface area contributed by atoms with E-state index in [1.165, 1.54) is 0 Å². The van der Waals surface area contributed by atoms with Crippen LogP contribution >= 0.6 is 23.2 Å². The van der Waals surface area contributed by atoms with Crippen LogP contribution < -0.4 is 0 Å². The Morgan fingerprint density at radius 2 is 1.85 bits per heavy atom. The molecule has 0 aliphatic carbocycles. The van der Waals surface area contributed by atoms with Gasteiger partial charge in [-0.2, -0.15) is 5.10 Å². The maximum atomic E-state index is 6.19. The summed E-state index contributed by atoms with van der Waals surface area (Å²) in [6, 6.07) is 15.5. The zero-order chi connectivity index (χ0) is 13.9. The van der Waals surface area contributed by atoms with Crippen molar-refractivity contribution in [1.29, 1.82) is 0 Å². The van der Waals surface area contributed by atoms with Gasteiger partial charge in [-0.15, -0.1) is 0 Å². The zero-order valence-electron chi connectivity index (χ0n) is 10.6. The van der Waals surface area contributed by atoms with E-state index in [9.17, 15) is 0 Å². The third-order valence-corrected chi connectivity index (χ3v) is 3.62. The largest absolute Gasteiger partial charge is 0.268 e. The van der Waals surface area contributed by atoms with Gasteiger partial charge in [0.2, 0.25) is 0 Å². The van der Waals surface area contributed by atoms with E-state index in [-0.39, 0.29) is 0 Å². The molecule has 4 heteroatoms. The predicted octanol–water partition coefficient (Wildman–Crippen LogP) is 4.91. The van der Waals surface area contributed by atoms with E-state index in [4.69, 9.17) is 23.2 Å². The van der Waals surface area contributed by atoms with E-state index < -0.39 is 0 Å². The highest BCUT2D eigenvalue weighted by atomic mass is 35.5. The Morgan fingerprint density at radius 1 is 1.00 bits per heavy atom. The van der Waals surface area contributed by atoms with Gasteiger partial charge in [-0.3, -0.25) is 4.68 Å². The van der Waals surface area contributed by atoms with Crippen LogP contribution in [0, 0.1) is 0 Å². The first-order chi connectivity index (χ1) is 9.72. The summed E-state index contributed by atoms with van der Waals surface area (Å²) in [6.45, 7) is 0.686. The van der Waals surface area contributed by atoms with Crippen LogP contribution in [0.25, 0.3) is 11.1 Å². The van der Waals surface area contributed by atoms with Gasteiger partial charge < -0.3 is 0 Å². The first-order valence-corrected chi connectivity index (χ1v) is 7.00. The number of hydrogen-bond donors (Lipinski definition) is 0. The van der Waals surface area contributed by atoms with Gasteiger partial charge in [-0.05, 0) is 23.8 Å². The van der Waals surface area contributed by atoms with Crippen molar-refractivity contribution in [2.45, 2.75) is 6.54 Å². The molecule has 3 rings (SSSR count). The summed E-state index contributed by atoms with van der Waals surface area (Å²) in [5.41, 5.74) is 3.12. The summed E-state index contributed by atoms with van der Waals surface area (Å²) in [5.74, 6) is 0. The molecule has 0 aliphatic heterocycles. The van der Waals surface area contributed by atoms with Gasteiger partial charge in [0.1, 0.15) is 0 Å². The lowest BCUT2D eigenvalue weighted by Gasteiger charge is -2.02. The highest BCUT2D eigenvalue weighted by molar-refractivity contribution is 6.33. The number of hydrogen-bond acceptors (Lipinski definition) is 1. The van der Waals surface area contributed by atoms with Crippen molar-refractivity contribution in [3.63, 3.8) is 0 Å². The fraction of sp³-hybridized carbons (Fsp3) is 0.0625. The van der Waals surface area contributed by atoms with E-state index in [1.54, 1.807) is 0 Å². The van der Waals surface area contributed by atoms with Crippen LogP contribution in [0.5, 0.6) is 0 Å². The number of nitrogens with zero attached hydrogens (tertiary/aromatic N) is 2. The Hall–Kier alpha value is -1.77. The molecular weight excluding hydrogens is 291 g/mol. The fourth-order valence-electron chi connectivity index (χ4n) is 2.11. The summed E-state index contributed by atoms with van der Waals surface area (Å²) >= 11 is 12.2. The standard InChI is InChI=1S/C16H12Cl2N2/c17-14-5-3-4-12(8-14)10-20-11-13(9-19-20)15-6-1-2-7-16(15)18/h1-9,11H,10H2. The van der Waals surface area contributed by atoms with Crippen LogP contribution in [0.15, 0.2) is 60.9 Å². The summed E-state index contributed by atoms with van der Waals surface area (Å²) < 4.78 is 1.88. The van der Waals surface area contributed by atoms with E-state index in [2.05, 4.69) is 5.10 Å². The smallest absolute Gasteiger partial charge is 0.0660 e. The zero-order valence-corrected chi connectivity index (χ0v) is 12.1. The highest BCUT2D eigenvalue weighted by Gasteiger charge is 2.06. The second kappa shape index (κ2) is 5.70. The average molecular weight is 303 g/mol. The monoisotopic (exact) mass is 302 g/mol. The maximum absolute atomic E-state index is 6.19. The van der Waals surface area contributed by atoms with Crippen molar-refractivity contribution in [1.82, 2.24) is 9.78 Å². The van der Waals surface area contributed by atoms with Crippen molar-refractivity contribution in [2.75, 3.05) is 0 Å². The molecule has 3 aromatic rings. The van der Waals surface area contributed by atoms with Gasteiger partial charge in [0, 0.05) is 27.4 Å². The fourth-order valence-corrected chi connectivity index (χ4v) is 2.56. The molecule has 0 bridgehead atoms. The average Bonchev–Trinajstić information content (AvgIpc) is 2.87. The summed E-state index contributed by atoms with van der Waals surface area (Å²) in [4.78, 5) is 0. The van der Waals surface area contributed by atoms with Crippen molar-refractivity contribution in [3.05, 3.63) is 76.5 Å². The third-order valence-electron chi connectivity index (χ3n) is 3.05. The molecule has 0 radical (unpaired) electrons. The molecule has 0 saturated heterocycles. The molecule has 100 valence electrons. The Bertz CT molecular complexity index is 735. The SMILES string of the molecule is Clc1cccc(Cn2cc(-c3ccccc3Cl)cn2)c1. The van der Waals surface area contributed by atoms with E-state index in [1.807, 2.05) is 65.6 Å². The van der Waals surface area contributed by atoms with E-state index in [0.29, 0.717) is 6.54 Å². The molecule has 0 atom stereocenters. The Kier molecular flexibility index (Phi) is 3.77.